The van der Waals surface area contributed by atoms with Gasteiger partial charge < -0.3 is 14.7 Å². The van der Waals surface area contributed by atoms with Gasteiger partial charge in [0.1, 0.15) is 18.8 Å². The van der Waals surface area contributed by atoms with Crippen LogP contribution in [0.1, 0.15) is 5.56 Å². The fourth-order valence-electron chi connectivity index (χ4n) is 2.89. The van der Waals surface area contributed by atoms with E-state index in [-0.39, 0.29) is 24.8 Å². The first kappa shape index (κ1) is 18.0. The van der Waals surface area contributed by atoms with Crippen molar-refractivity contribution in [3.8, 4) is 5.88 Å². The Balaban J connectivity index is 1.72. The van der Waals surface area contributed by atoms with Crippen LogP contribution in [0.2, 0.25) is 0 Å². The average molecular weight is 367 g/mol. The third-order valence-corrected chi connectivity index (χ3v) is 4.24. The van der Waals surface area contributed by atoms with Crippen LogP contribution in [0.4, 0.5) is 19.0 Å². The molecule has 2 aromatic rings. The van der Waals surface area contributed by atoms with Crippen molar-refractivity contribution in [1.29, 1.82) is 0 Å². The van der Waals surface area contributed by atoms with Crippen LogP contribution in [0.3, 0.4) is 0 Å². The Kier molecular flexibility index (Phi) is 4.97. The maximum atomic E-state index is 13.1. The highest BCUT2D eigenvalue weighted by Gasteiger charge is 2.52. The Labute approximate surface area is 147 Å². The lowest BCUT2D eigenvalue weighted by molar-refractivity contribution is -0.187. The number of aliphatic carboxylic acids is 1. The molecule has 6 nitrogen and oxygen atoms in total. The molecule has 0 saturated carbocycles. The van der Waals surface area contributed by atoms with Crippen LogP contribution in [0.5, 0.6) is 5.88 Å². The van der Waals surface area contributed by atoms with Crippen molar-refractivity contribution in [2.24, 2.45) is 11.8 Å². The van der Waals surface area contributed by atoms with Gasteiger partial charge in [-0.3, -0.25) is 4.79 Å². The average Bonchev–Trinajstić information content (AvgIpc) is 3.07. The summed E-state index contributed by atoms with van der Waals surface area (Å²) in [4.78, 5) is 20.4. The number of halogens is 3. The van der Waals surface area contributed by atoms with Crippen molar-refractivity contribution < 1.29 is 27.8 Å². The Morgan fingerprint density at radius 1 is 1.23 bits per heavy atom. The molecule has 0 aliphatic carbocycles. The van der Waals surface area contributed by atoms with Crippen molar-refractivity contribution in [2.45, 2.75) is 12.8 Å². The lowest BCUT2D eigenvalue weighted by Gasteiger charge is -2.19. The molecule has 138 valence electrons. The van der Waals surface area contributed by atoms with Crippen LogP contribution >= 0.6 is 0 Å². The topological polar surface area (TPSA) is 75.5 Å². The lowest BCUT2D eigenvalue weighted by atomic mass is 9.96. The molecule has 1 N–H and O–H groups in total. The fraction of sp³-hybridized carbons (Fsp3) is 0.353. The van der Waals surface area contributed by atoms with E-state index in [9.17, 15) is 18.0 Å². The highest BCUT2D eigenvalue weighted by molar-refractivity contribution is 5.72. The predicted octanol–water partition coefficient (Wildman–Crippen LogP) is 2.75. The molecule has 0 radical (unpaired) electrons. The van der Waals surface area contributed by atoms with Gasteiger partial charge >= 0.3 is 12.1 Å². The largest absolute Gasteiger partial charge is 0.481 e. The standard InChI is InChI=1S/C17H16F3N3O3/c18-17(19,20)13-8-23(7-12(13)16(24)25)14-6-15(22-10-21-14)26-9-11-4-2-1-3-5-11/h1-6,10,12-13H,7-9H2,(H,24,25)/t12-,13-/m1/s1. The summed E-state index contributed by atoms with van der Waals surface area (Å²) in [7, 11) is 0. The van der Waals surface area contributed by atoms with Gasteiger partial charge in [-0.2, -0.15) is 13.2 Å². The number of nitrogens with zero attached hydrogens (tertiary/aromatic N) is 3. The number of carboxylic acid groups (broad SMARTS) is 1. The molecule has 0 bridgehead atoms. The number of alkyl halides is 3. The summed E-state index contributed by atoms with van der Waals surface area (Å²) in [6.45, 7) is -0.482. The van der Waals surface area contributed by atoms with E-state index in [1.807, 2.05) is 30.3 Å². The second-order valence-electron chi connectivity index (χ2n) is 5.99. The van der Waals surface area contributed by atoms with E-state index in [0.717, 1.165) is 5.56 Å². The predicted molar refractivity (Wildman–Crippen MR) is 85.7 cm³/mol. The molecule has 0 amide bonds. The molecular formula is C17H16F3N3O3. The number of hydrogen-bond donors (Lipinski definition) is 1. The summed E-state index contributed by atoms with van der Waals surface area (Å²) in [5.74, 6) is -4.52. The van der Waals surface area contributed by atoms with Crippen LogP contribution in [0, 0.1) is 11.8 Å². The van der Waals surface area contributed by atoms with Crippen LogP contribution in [0.15, 0.2) is 42.7 Å². The van der Waals surface area contributed by atoms with E-state index < -0.39 is 30.5 Å². The minimum Gasteiger partial charge on any atom is -0.481 e. The summed E-state index contributed by atoms with van der Waals surface area (Å²) in [5, 5.41) is 9.09. The Morgan fingerprint density at radius 2 is 1.96 bits per heavy atom. The zero-order valence-corrected chi connectivity index (χ0v) is 13.6. The molecule has 1 aliphatic rings. The summed E-state index contributed by atoms with van der Waals surface area (Å²) < 4.78 is 44.8. The summed E-state index contributed by atoms with van der Waals surface area (Å²) >= 11 is 0. The molecule has 3 rings (SSSR count). The number of benzene rings is 1. The number of ether oxygens (including phenoxy) is 1. The summed E-state index contributed by atoms with van der Waals surface area (Å²) in [6, 6.07) is 10.7. The molecule has 1 fully saturated rings. The molecule has 1 aromatic carbocycles. The number of anilines is 1. The van der Waals surface area contributed by atoms with Gasteiger partial charge in [0.05, 0.1) is 11.8 Å². The first-order valence-corrected chi connectivity index (χ1v) is 7.88. The van der Waals surface area contributed by atoms with Gasteiger partial charge in [0, 0.05) is 19.2 Å². The van der Waals surface area contributed by atoms with Crippen molar-refractivity contribution in [2.75, 3.05) is 18.0 Å². The molecule has 0 unspecified atom stereocenters. The van der Waals surface area contributed by atoms with E-state index in [2.05, 4.69) is 9.97 Å². The second kappa shape index (κ2) is 7.19. The number of carbonyl (C=O) groups is 1. The first-order valence-electron chi connectivity index (χ1n) is 7.88. The Morgan fingerprint density at radius 3 is 2.58 bits per heavy atom. The van der Waals surface area contributed by atoms with Gasteiger partial charge in [0.25, 0.3) is 0 Å². The zero-order chi connectivity index (χ0) is 18.7. The quantitative estimate of drug-likeness (QED) is 0.876. The van der Waals surface area contributed by atoms with Gasteiger partial charge in [-0.05, 0) is 5.56 Å². The van der Waals surface area contributed by atoms with Gasteiger partial charge in [-0.1, -0.05) is 30.3 Å². The molecular weight excluding hydrogens is 351 g/mol. The zero-order valence-electron chi connectivity index (χ0n) is 13.6. The fourth-order valence-corrected chi connectivity index (χ4v) is 2.89. The third kappa shape index (κ3) is 4.04. The van der Waals surface area contributed by atoms with Gasteiger partial charge in [-0.15, -0.1) is 0 Å². The van der Waals surface area contributed by atoms with Crippen LogP contribution in [-0.4, -0.2) is 40.3 Å². The Bertz CT molecular complexity index is 771. The van der Waals surface area contributed by atoms with Crippen LogP contribution < -0.4 is 9.64 Å². The van der Waals surface area contributed by atoms with Crippen LogP contribution in [-0.2, 0) is 11.4 Å². The summed E-state index contributed by atoms with van der Waals surface area (Å²) in [5.41, 5.74) is 0.914. The Hall–Kier alpha value is -2.84. The highest BCUT2D eigenvalue weighted by Crippen LogP contribution is 2.39. The molecule has 1 aliphatic heterocycles. The second-order valence-corrected chi connectivity index (χ2v) is 5.99. The number of rotatable bonds is 5. The van der Waals surface area contributed by atoms with E-state index in [1.165, 1.54) is 17.3 Å². The molecule has 1 saturated heterocycles. The molecule has 9 heteroatoms. The number of hydrogen-bond acceptors (Lipinski definition) is 5. The van der Waals surface area contributed by atoms with E-state index in [4.69, 9.17) is 9.84 Å². The minimum atomic E-state index is -4.59. The van der Waals surface area contributed by atoms with Crippen LogP contribution in [0.25, 0.3) is 0 Å². The monoisotopic (exact) mass is 367 g/mol. The van der Waals surface area contributed by atoms with Crippen molar-refractivity contribution in [3.63, 3.8) is 0 Å². The highest BCUT2D eigenvalue weighted by atomic mass is 19.4. The third-order valence-electron chi connectivity index (χ3n) is 4.24. The smallest absolute Gasteiger partial charge is 0.394 e. The van der Waals surface area contributed by atoms with E-state index in [1.54, 1.807) is 0 Å². The van der Waals surface area contributed by atoms with Gasteiger partial charge in [-0.25, -0.2) is 9.97 Å². The van der Waals surface area contributed by atoms with E-state index in [0.29, 0.717) is 0 Å². The van der Waals surface area contributed by atoms with Crippen molar-refractivity contribution in [1.82, 2.24) is 9.97 Å². The van der Waals surface area contributed by atoms with Crippen molar-refractivity contribution in [3.05, 3.63) is 48.3 Å². The van der Waals surface area contributed by atoms with Crippen molar-refractivity contribution >= 4 is 11.8 Å². The van der Waals surface area contributed by atoms with Gasteiger partial charge in [0.15, 0.2) is 0 Å². The molecule has 2 atom stereocenters. The molecule has 0 spiro atoms. The number of carboxylic acids is 1. The lowest BCUT2D eigenvalue weighted by Crippen LogP contribution is -2.33. The van der Waals surface area contributed by atoms with Gasteiger partial charge in [0.2, 0.25) is 5.88 Å². The summed E-state index contributed by atoms with van der Waals surface area (Å²) in [6.07, 6.45) is -3.40. The minimum absolute atomic E-state index is 0.209. The SMILES string of the molecule is O=C(O)[C@@H]1CN(c2cc(OCc3ccccc3)ncn2)C[C@H]1C(F)(F)F. The first-order chi connectivity index (χ1) is 12.3. The molecule has 2 heterocycles. The normalized spacial score (nSPS) is 20.2. The van der Waals surface area contributed by atoms with E-state index >= 15 is 0 Å². The molecule has 26 heavy (non-hydrogen) atoms. The number of aromatic nitrogens is 2. The maximum absolute atomic E-state index is 13.1. The molecule has 1 aromatic heterocycles. The maximum Gasteiger partial charge on any atom is 0.394 e.